The number of carboxylic acids is 1. The number of thioether (sulfide) groups is 1. The largest absolute Gasteiger partial charge is 0.480 e. The summed E-state index contributed by atoms with van der Waals surface area (Å²) in [7, 11) is 0. The number of aromatic amines is 1. The first-order valence-electron chi connectivity index (χ1n) is 11.8. The van der Waals surface area contributed by atoms with E-state index in [9.17, 15) is 14.7 Å². The van der Waals surface area contributed by atoms with Crippen LogP contribution < -0.4 is 5.32 Å². The van der Waals surface area contributed by atoms with E-state index in [0.717, 1.165) is 59.4 Å². The molecule has 0 saturated carbocycles. The lowest BCUT2D eigenvalue weighted by atomic mass is 9.92. The molecular formula is C27H33N3O3S. The Balaban J connectivity index is 1.81. The van der Waals surface area contributed by atoms with Crippen molar-refractivity contribution < 1.29 is 14.7 Å². The molecule has 7 heteroatoms. The molecule has 3 N–H and O–H groups in total. The first kappa shape index (κ1) is 25.6. The van der Waals surface area contributed by atoms with E-state index < -0.39 is 12.0 Å². The number of carboxylic acid groups (broad SMARTS) is 1. The third-order valence-electron chi connectivity index (χ3n) is 5.80. The number of aryl methyl sites for hydroxylation is 3. The Hall–Kier alpha value is -3.06. The highest BCUT2D eigenvalue weighted by atomic mass is 32.2. The zero-order valence-corrected chi connectivity index (χ0v) is 20.7. The zero-order valence-electron chi connectivity index (χ0n) is 19.8. The molecule has 1 atom stereocenters. The standard InChI is InChI=1S/C27H33N3O3S/c1-3-4-14-34-15-13-25(27(32)33)30-26(31)23-12-10-20(9-11-21-17-28-18-29-21)16-24(23)22-8-6-5-7-19(22)2/h5-8,10,12,16-18,25H,3-4,9,11,13-15H2,1-2H3,(H,28,29)(H,30,31)(H,32,33). The molecule has 1 unspecified atom stereocenters. The highest BCUT2D eigenvalue weighted by Crippen LogP contribution is 2.29. The fourth-order valence-corrected chi connectivity index (χ4v) is 4.89. The zero-order chi connectivity index (χ0) is 24.3. The van der Waals surface area contributed by atoms with Gasteiger partial charge in [0, 0.05) is 17.5 Å². The molecule has 0 spiro atoms. The number of rotatable bonds is 13. The second-order valence-electron chi connectivity index (χ2n) is 8.39. The van der Waals surface area contributed by atoms with E-state index in [0.29, 0.717) is 17.7 Å². The maximum absolute atomic E-state index is 13.3. The Morgan fingerprint density at radius 1 is 1.12 bits per heavy atom. The number of imidazole rings is 1. The van der Waals surface area contributed by atoms with Crippen LogP contribution in [0, 0.1) is 6.92 Å². The summed E-state index contributed by atoms with van der Waals surface area (Å²) in [6, 6.07) is 12.8. The second-order valence-corrected chi connectivity index (χ2v) is 9.62. The summed E-state index contributed by atoms with van der Waals surface area (Å²) in [5.41, 5.74) is 5.50. The van der Waals surface area contributed by atoms with Crippen LogP contribution in [-0.2, 0) is 17.6 Å². The molecule has 0 saturated heterocycles. The summed E-state index contributed by atoms with van der Waals surface area (Å²) in [6.07, 6.45) is 7.73. The fraction of sp³-hybridized carbons (Fsp3) is 0.370. The Bertz CT molecular complexity index is 1080. The van der Waals surface area contributed by atoms with E-state index in [1.54, 1.807) is 18.1 Å². The van der Waals surface area contributed by atoms with E-state index >= 15 is 0 Å². The Kier molecular flexibility index (Phi) is 9.76. The normalized spacial score (nSPS) is 11.8. The minimum Gasteiger partial charge on any atom is -0.480 e. The van der Waals surface area contributed by atoms with E-state index in [1.165, 1.54) is 0 Å². The predicted octanol–water partition coefficient (Wildman–Crippen LogP) is 5.28. The Morgan fingerprint density at radius 3 is 2.65 bits per heavy atom. The third-order valence-corrected chi connectivity index (χ3v) is 6.90. The number of carbonyl (C=O) groups is 2. The maximum atomic E-state index is 13.3. The Labute approximate surface area is 205 Å². The average molecular weight is 480 g/mol. The van der Waals surface area contributed by atoms with Gasteiger partial charge < -0.3 is 15.4 Å². The van der Waals surface area contributed by atoms with Gasteiger partial charge in [-0.15, -0.1) is 0 Å². The molecule has 2 aromatic carbocycles. The summed E-state index contributed by atoms with van der Waals surface area (Å²) in [5, 5.41) is 12.4. The van der Waals surface area contributed by atoms with Crippen LogP contribution in [0.5, 0.6) is 0 Å². The van der Waals surface area contributed by atoms with Gasteiger partial charge in [-0.2, -0.15) is 11.8 Å². The number of carbonyl (C=O) groups excluding carboxylic acids is 1. The molecule has 3 rings (SSSR count). The van der Waals surface area contributed by atoms with Crippen molar-refractivity contribution in [3.63, 3.8) is 0 Å². The number of amides is 1. The molecule has 0 radical (unpaired) electrons. The summed E-state index contributed by atoms with van der Waals surface area (Å²) >= 11 is 1.73. The lowest BCUT2D eigenvalue weighted by Crippen LogP contribution is -2.41. The molecule has 1 amide bonds. The lowest BCUT2D eigenvalue weighted by molar-refractivity contribution is -0.139. The molecule has 1 heterocycles. The number of aromatic nitrogens is 2. The van der Waals surface area contributed by atoms with E-state index in [4.69, 9.17) is 0 Å². The molecule has 0 fully saturated rings. The van der Waals surface area contributed by atoms with Gasteiger partial charge in [-0.25, -0.2) is 9.78 Å². The quantitative estimate of drug-likeness (QED) is 0.290. The van der Waals surface area contributed by atoms with Crippen molar-refractivity contribution in [1.29, 1.82) is 0 Å². The highest BCUT2D eigenvalue weighted by molar-refractivity contribution is 7.99. The van der Waals surface area contributed by atoms with Crippen LogP contribution in [-0.4, -0.2) is 44.5 Å². The summed E-state index contributed by atoms with van der Waals surface area (Å²) < 4.78 is 0. The van der Waals surface area contributed by atoms with Crippen molar-refractivity contribution in [2.45, 2.75) is 52.0 Å². The molecule has 0 bridgehead atoms. The van der Waals surface area contributed by atoms with Gasteiger partial charge in [0.05, 0.1) is 6.33 Å². The number of aliphatic carboxylic acids is 1. The van der Waals surface area contributed by atoms with Crippen molar-refractivity contribution >= 4 is 23.6 Å². The number of benzene rings is 2. The minimum absolute atomic E-state index is 0.357. The van der Waals surface area contributed by atoms with Crippen LogP contribution in [0.4, 0.5) is 0 Å². The van der Waals surface area contributed by atoms with Crippen molar-refractivity contribution in [2.75, 3.05) is 11.5 Å². The summed E-state index contributed by atoms with van der Waals surface area (Å²) in [5.74, 6) is 0.352. The molecule has 34 heavy (non-hydrogen) atoms. The first-order valence-corrected chi connectivity index (χ1v) is 12.9. The van der Waals surface area contributed by atoms with Gasteiger partial charge in [0.2, 0.25) is 0 Å². The van der Waals surface area contributed by atoms with E-state index in [1.807, 2.05) is 55.6 Å². The molecule has 1 aromatic heterocycles. The Morgan fingerprint density at radius 2 is 1.94 bits per heavy atom. The maximum Gasteiger partial charge on any atom is 0.326 e. The van der Waals surface area contributed by atoms with Crippen LogP contribution in [0.1, 0.15) is 53.4 Å². The van der Waals surface area contributed by atoms with Gasteiger partial charge in [-0.3, -0.25) is 4.79 Å². The van der Waals surface area contributed by atoms with Crippen molar-refractivity contribution in [2.24, 2.45) is 0 Å². The number of hydrogen-bond donors (Lipinski definition) is 3. The molecule has 0 aliphatic carbocycles. The molecule has 3 aromatic rings. The van der Waals surface area contributed by atoms with Gasteiger partial charge in [0.15, 0.2) is 0 Å². The predicted molar refractivity (Wildman–Crippen MR) is 138 cm³/mol. The van der Waals surface area contributed by atoms with E-state index in [2.05, 4.69) is 22.2 Å². The molecule has 6 nitrogen and oxygen atoms in total. The van der Waals surface area contributed by atoms with Gasteiger partial charge in [0.25, 0.3) is 5.91 Å². The SMILES string of the molecule is CCCCSCCC(NC(=O)c1ccc(CCc2cnc[nH]2)cc1-c1ccccc1C)C(=O)O. The molecule has 180 valence electrons. The molecular weight excluding hydrogens is 446 g/mol. The lowest BCUT2D eigenvalue weighted by Gasteiger charge is -2.18. The number of unbranched alkanes of at least 4 members (excludes halogenated alkanes) is 1. The van der Waals surface area contributed by atoms with Crippen LogP contribution in [0.25, 0.3) is 11.1 Å². The monoisotopic (exact) mass is 479 g/mol. The van der Waals surface area contributed by atoms with Gasteiger partial charge in [-0.1, -0.05) is 49.7 Å². The first-order chi connectivity index (χ1) is 16.5. The van der Waals surface area contributed by atoms with Gasteiger partial charge in [-0.05, 0) is 72.4 Å². The number of nitrogens with zero attached hydrogens (tertiary/aromatic N) is 1. The van der Waals surface area contributed by atoms with Crippen molar-refractivity contribution in [3.8, 4) is 11.1 Å². The minimum atomic E-state index is -1.00. The number of nitrogens with one attached hydrogen (secondary N) is 2. The average Bonchev–Trinajstić information content (AvgIpc) is 3.35. The fourth-order valence-electron chi connectivity index (χ4n) is 3.79. The number of hydrogen-bond acceptors (Lipinski definition) is 4. The summed E-state index contributed by atoms with van der Waals surface area (Å²) in [4.78, 5) is 32.3. The van der Waals surface area contributed by atoms with Crippen molar-refractivity contribution in [3.05, 3.63) is 77.4 Å². The topological polar surface area (TPSA) is 95.1 Å². The summed E-state index contributed by atoms with van der Waals surface area (Å²) in [6.45, 7) is 4.15. The van der Waals surface area contributed by atoms with Crippen LogP contribution in [0.15, 0.2) is 55.0 Å². The van der Waals surface area contributed by atoms with Crippen LogP contribution in [0.2, 0.25) is 0 Å². The van der Waals surface area contributed by atoms with Crippen LogP contribution in [0.3, 0.4) is 0 Å². The highest BCUT2D eigenvalue weighted by Gasteiger charge is 2.23. The van der Waals surface area contributed by atoms with Crippen molar-refractivity contribution in [1.82, 2.24) is 15.3 Å². The second kappa shape index (κ2) is 13.0. The van der Waals surface area contributed by atoms with E-state index in [-0.39, 0.29) is 5.91 Å². The third kappa shape index (κ3) is 7.22. The number of H-pyrrole nitrogens is 1. The smallest absolute Gasteiger partial charge is 0.326 e. The molecule has 0 aliphatic rings. The van der Waals surface area contributed by atoms with Gasteiger partial charge in [0.1, 0.15) is 6.04 Å². The molecule has 0 aliphatic heterocycles. The van der Waals surface area contributed by atoms with Crippen LogP contribution >= 0.6 is 11.8 Å². The van der Waals surface area contributed by atoms with Gasteiger partial charge >= 0.3 is 5.97 Å².